The molecule has 0 heterocycles. The second-order valence-corrected chi connectivity index (χ2v) is 5.45. The van der Waals surface area contributed by atoms with Crippen molar-refractivity contribution in [2.24, 2.45) is 5.73 Å². The fraction of sp³-hybridized carbons (Fsp3) is 0.647. The van der Waals surface area contributed by atoms with Crippen molar-refractivity contribution in [3.63, 3.8) is 0 Å². The van der Waals surface area contributed by atoms with Crippen LogP contribution >= 0.6 is 0 Å². The lowest BCUT2D eigenvalue weighted by atomic mass is 9.85. The summed E-state index contributed by atoms with van der Waals surface area (Å²) in [7, 11) is 1.70. The zero-order valence-corrected chi connectivity index (χ0v) is 13.5. The maximum absolute atomic E-state index is 6.78. The first-order chi connectivity index (χ1) is 9.59. The third-order valence-electron chi connectivity index (χ3n) is 4.02. The van der Waals surface area contributed by atoms with E-state index in [1.807, 2.05) is 12.1 Å². The first-order valence-corrected chi connectivity index (χ1v) is 7.75. The molecule has 0 aliphatic heterocycles. The van der Waals surface area contributed by atoms with Gasteiger partial charge in [0, 0.05) is 6.54 Å². The molecule has 1 rings (SSSR count). The number of nitrogens with two attached hydrogens (primary N) is 1. The first kappa shape index (κ1) is 17.0. The smallest absolute Gasteiger partial charge is 0.119 e. The van der Waals surface area contributed by atoms with Gasteiger partial charge in [0.15, 0.2) is 0 Å². The summed E-state index contributed by atoms with van der Waals surface area (Å²) >= 11 is 0. The molecular formula is C17H30N2O. The number of ether oxygens (including phenoxy) is 1. The maximum Gasteiger partial charge on any atom is 0.119 e. The molecule has 20 heavy (non-hydrogen) atoms. The van der Waals surface area contributed by atoms with E-state index in [0.717, 1.165) is 38.2 Å². The summed E-state index contributed by atoms with van der Waals surface area (Å²) in [5.41, 5.74) is 7.67. The minimum Gasteiger partial charge on any atom is -0.497 e. The van der Waals surface area contributed by atoms with Crippen LogP contribution in [0.15, 0.2) is 24.3 Å². The number of unbranched alkanes of at least 4 members (excludes halogenated alkanes) is 1. The van der Waals surface area contributed by atoms with E-state index in [9.17, 15) is 0 Å². The van der Waals surface area contributed by atoms with E-state index in [4.69, 9.17) is 10.5 Å². The second-order valence-electron chi connectivity index (χ2n) is 5.45. The van der Waals surface area contributed by atoms with Crippen LogP contribution in [0.2, 0.25) is 0 Å². The van der Waals surface area contributed by atoms with Gasteiger partial charge in [0.05, 0.1) is 12.6 Å². The molecule has 0 saturated heterocycles. The summed E-state index contributed by atoms with van der Waals surface area (Å²) in [4.78, 5) is 2.40. The van der Waals surface area contributed by atoms with E-state index in [-0.39, 0.29) is 5.54 Å². The van der Waals surface area contributed by atoms with Crippen LogP contribution in [0.3, 0.4) is 0 Å². The van der Waals surface area contributed by atoms with Crippen LogP contribution in [-0.4, -0.2) is 31.6 Å². The number of benzene rings is 1. The maximum atomic E-state index is 6.78. The van der Waals surface area contributed by atoms with Crippen molar-refractivity contribution in [1.29, 1.82) is 0 Å². The van der Waals surface area contributed by atoms with Crippen LogP contribution in [0, 0.1) is 0 Å². The fourth-order valence-corrected chi connectivity index (χ4v) is 2.59. The molecule has 1 aromatic carbocycles. The van der Waals surface area contributed by atoms with E-state index in [2.05, 4.69) is 37.8 Å². The fourth-order valence-electron chi connectivity index (χ4n) is 2.59. The van der Waals surface area contributed by atoms with Gasteiger partial charge in [0.1, 0.15) is 5.75 Å². The number of hydrogen-bond acceptors (Lipinski definition) is 3. The number of methoxy groups -OCH3 is 1. The van der Waals surface area contributed by atoms with Gasteiger partial charge in [0.25, 0.3) is 0 Å². The van der Waals surface area contributed by atoms with Crippen LogP contribution in [-0.2, 0) is 5.54 Å². The van der Waals surface area contributed by atoms with Gasteiger partial charge in [0.2, 0.25) is 0 Å². The van der Waals surface area contributed by atoms with Crippen molar-refractivity contribution in [3.05, 3.63) is 29.8 Å². The number of likely N-dealkylation sites (N-methyl/N-ethyl adjacent to an activating group) is 1. The highest BCUT2D eigenvalue weighted by Gasteiger charge is 2.29. The molecule has 0 amide bonds. The van der Waals surface area contributed by atoms with E-state index in [0.29, 0.717) is 0 Å². The van der Waals surface area contributed by atoms with Crippen molar-refractivity contribution < 1.29 is 4.74 Å². The molecule has 0 spiro atoms. The molecule has 3 nitrogen and oxygen atoms in total. The van der Waals surface area contributed by atoms with Gasteiger partial charge in [-0.1, -0.05) is 45.7 Å². The number of nitrogens with zero attached hydrogens (tertiary/aromatic N) is 1. The molecule has 0 radical (unpaired) electrons. The average Bonchev–Trinajstić information content (AvgIpc) is 2.50. The standard InChI is InChI=1S/C17H30N2O/c1-5-8-12-17(18,14-19(6-2)7-3)15-10-9-11-16(13-15)20-4/h9-11,13H,5-8,12,14,18H2,1-4H3. The van der Waals surface area contributed by atoms with Crippen LogP contribution in [0.1, 0.15) is 45.6 Å². The number of rotatable bonds is 9. The highest BCUT2D eigenvalue weighted by atomic mass is 16.5. The zero-order chi connectivity index (χ0) is 15.0. The summed E-state index contributed by atoms with van der Waals surface area (Å²) in [6.07, 6.45) is 3.32. The molecule has 0 aromatic heterocycles. The van der Waals surface area contributed by atoms with E-state index in [1.165, 1.54) is 12.0 Å². The van der Waals surface area contributed by atoms with E-state index in [1.54, 1.807) is 7.11 Å². The molecule has 0 bridgehead atoms. The van der Waals surface area contributed by atoms with E-state index < -0.39 is 0 Å². The van der Waals surface area contributed by atoms with Crippen LogP contribution in [0.25, 0.3) is 0 Å². The zero-order valence-electron chi connectivity index (χ0n) is 13.5. The Hall–Kier alpha value is -1.06. The minimum atomic E-state index is -0.295. The molecule has 0 aliphatic rings. The molecule has 0 aliphatic carbocycles. The second kappa shape index (κ2) is 8.28. The molecule has 3 heteroatoms. The highest BCUT2D eigenvalue weighted by Crippen LogP contribution is 2.28. The van der Waals surface area contributed by atoms with Crippen molar-refractivity contribution in [2.75, 3.05) is 26.7 Å². The van der Waals surface area contributed by atoms with Gasteiger partial charge in [-0.15, -0.1) is 0 Å². The monoisotopic (exact) mass is 278 g/mol. The normalized spacial score (nSPS) is 14.3. The molecular weight excluding hydrogens is 248 g/mol. The van der Waals surface area contributed by atoms with Gasteiger partial charge < -0.3 is 15.4 Å². The summed E-state index contributed by atoms with van der Waals surface area (Å²) in [5, 5.41) is 0. The summed E-state index contributed by atoms with van der Waals surface area (Å²) in [6.45, 7) is 9.55. The predicted molar refractivity (Wildman–Crippen MR) is 86.2 cm³/mol. The summed E-state index contributed by atoms with van der Waals surface area (Å²) in [5.74, 6) is 0.883. The van der Waals surface area contributed by atoms with Crippen LogP contribution in [0.4, 0.5) is 0 Å². The van der Waals surface area contributed by atoms with E-state index >= 15 is 0 Å². The summed E-state index contributed by atoms with van der Waals surface area (Å²) < 4.78 is 5.34. The van der Waals surface area contributed by atoms with Gasteiger partial charge >= 0.3 is 0 Å². The molecule has 2 N–H and O–H groups in total. The largest absolute Gasteiger partial charge is 0.497 e. The van der Waals surface area contributed by atoms with Crippen LogP contribution in [0.5, 0.6) is 5.75 Å². The Morgan fingerprint density at radius 3 is 2.45 bits per heavy atom. The van der Waals surface area contributed by atoms with Crippen molar-refractivity contribution in [2.45, 2.75) is 45.6 Å². The van der Waals surface area contributed by atoms with Gasteiger partial charge in [-0.25, -0.2) is 0 Å². The van der Waals surface area contributed by atoms with Crippen molar-refractivity contribution >= 4 is 0 Å². The molecule has 1 aromatic rings. The molecule has 0 saturated carbocycles. The number of hydrogen-bond donors (Lipinski definition) is 1. The lowest BCUT2D eigenvalue weighted by Gasteiger charge is -2.35. The Morgan fingerprint density at radius 2 is 1.90 bits per heavy atom. The first-order valence-electron chi connectivity index (χ1n) is 7.75. The topological polar surface area (TPSA) is 38.5 Å². The average molecular weight is 278 g/mol. The lowest BCUT2D eigenvalue weighted by Crippen LogP contribution is -2.47. The van der Waals surface area contributed by atoms with Crippen molar-refractivity contribution in [1.82, 2.24) is 4.90 Å². The molecule has 0 fully saturated rings. The van der Waals surface area contributed by atoms with Crippen molar-refractivity contribution in [3.8, 4) is 5.75 Å². The molecule has 1 atom stereocenters. The van der Waals surface area contributed by atoms with Gasteiger partial charge in [-0.05, 0) is 37.2 Å². The van der Waals surface area contributed by atoms with Gasteiger partial charge in [-0.3, -0.25) is 0 Å². The Kier molecular flexibility index (Phi) is 7.03. The SMILES string of the molecule is CCCCC(N)(CN(CC)CC)c1cccc(OC)c1. The highest BCUT2D eigenvalue weighted by molar-refractivity contribution is 5.33. The Labute approximate surface area is 124 Å². The third-order valence-corrected chi connectivity index (χ3v) is 4.02. The Bertz CT molecular complexity index is 390. The predicted octanol–water partition coefficient (Wildman–Crippen LogP) is 3.38. The Balaban J connectivity index is 3.01. The van der Waals surface area contributed by atoms with Gasteiger partial charge in [-0.2, -0.15) is 0 Å². The Morgan fingerprint density at radius 1 is 1.20 bits per heavy atom. The molecule has 1 unspecified atom stereocenters. The minimum absolute atomic E-state index is 0.295. The third kappa shape index (κ3) is 4.50. The quantitative estimate of drug-likeness (QED) is 0.752. The van der Waals surface area contributed by atoms with Crippen LogP contribution < -0.4 is 10.5 Å². The lowest BCUT2D eigenvalue weighted by molar-refractivity contribution is 0.213. The molecule has 114 valence electrons. The summed E-state index contributed by atoms with van der Waals surface area (Å²) in [6, 6.07) is 8.21.